The second kappa shape index (κ2) is 7.60. The lowest BCUT2D eigenvalue weighted by Crippen LogP contribution is -2.62. The zero-order chi connectivity index (χ0) is 18.7. The zero-order valence-electron chi connectivity index (χ0n) is 14.6. The zero-order valence-corrected chi connectivity index (χ0v) is 16.3. The van der Waals surface area contributed by atoms with Crippen LogP contribution in [0.2, 0.25) is 0 Å². The molecule has 134 valence electrons. The Bertz CT molecular complexity index is 822. The molecule has 2 amide bonds. The summed E-state index contributed by atoms with van der Waals surface area (Å²) < 4.78 is 0.0141. The summed E-state index contributed by atoms with van der Waals surface area (Å²) in [5.74, 6) is -0.433. The predicted molar refractivity (Wildman–Crippen MR) is 109 cm³/mol. The molecule has 2 aromatic carbocycles. The van der Waals surface area contributed by atoms with Crippen LogP contribution in [0.5, 0.6) is 0 Å². The molecule has 1 aliphatic heterocycles. The molecule has 0 spiro atoms. The van der Waals surface area contributed by atoms with Gasteiger partial charge in [0.15, 0.2) is 0 Å². The number of benzene rings is 2. The van der Waals surface area contributed by atoms with Crippen molar-refractivity contribution < 1.29 is 9.59 Å². The lowest BCUT2D eigenvalue weighted by Gasteiger charge is -2.42. The number of hydrogen-bond donors (Lipinski definition) is 1. The van der Waals surface area contributed by atoms with Gasteiger partial charge in [-0.1, -0.05) is 72.5 Å². The molecule has 3 rings (SSSR count). The number of nitrogens with zero attached hydrogens (tertiary/aromatic N) is 1. The average Bonchev–Trinajstić information content (AvgIpc) is 2.63. The first-order valence-corrected chi connectivity index (χ1v) is 9.55. The third-order valence-electron chi connectivity index (χ3n) is 4.27. The number of rotatable bonds is 4. The molecule has 1 heterocycles. The first-order valence-electron chi connectivity index (χ1n) is 8.33. The van der Waals surface area contributed by atoms with Gasteiger partial charge >= 0.3 is 0 Å². The van der Waals surface area contributed by atoms with E-state index >= 15 is 0 Å². The number of thioether (sulfide) groups is 1. The molecule has 26 heavy (non-hydrogen) atoms. The summed E-state index contributed by atoms with van der Waals surface area (Å²) in [5.41, 5.74) is 1.53. The minimum absolute atomic E-state index is 0.174. The van der Waals surface area contributed by atoms with Crippen molar-refractivity contribution >= 4 is 40.1 Å². The number of thiocarbonyl (C=S) groups is 1. The molecule has 1 unspecified atom stereocenters. The fraction of sp³-hybridized carbons (Fsp3) is 0.250. The molecule has 0 saturated carbocycles. The SMILES string of the molecule is CC1(C)SC(=S)N(Cc2ccccc2)C(=O)C1NC(=O)c1ccccc1. The van der Waals surface area contributed by atoms with Gasteiger partial charge in [-0.15, -0.1) is 0 Å². The Balaban J connectivity index is 1.82. The Morgan fingerprint density at radius 1 is 1.12 bits per heavy atom. The minimum Gasteiger partial charge on any atom is -0.339 e. The van der Waals surface area contributed by atoms with E-state index in [1.165, 1.54) is 11.8 Å². The van der Waals surface area contributed by atoms with Crippen molar-refractivity contribution in [2.75, 3.05) is 0 Å². The Morgan fingerprint density at radius 3 is 2.31 bits per heavy atom. The lowest BCUT2D eigenvalue weighted by atomic mass is 10.00. The molecule has 0 aliphatic carbocycles. The van der Waals surface area contributed by atoms with Gasteiger partial charge < -0.3 is 5.32 Å². The smallest absolute Gasteiger partial charge is 0.252 e. The lowest BCUT2D eigenvalue weighted by molar-refractivity contribution is -0.130. The molecule has 0 radical (unpaired) electrons. The van der Waals surface area contributed by atoms with E-state index in [4.69, 9.17) is 12.2 Å². The second-order valence-electron chi connectivity index (χ2n) is 6.65. The maximum absolute atomic E-state index is 13.1. The average molecular weight is 385 g/mol. The van der Waals surface area contributed by atoms with E-state index in [1.54, 1.807) is 29.2 Å². The maximum Gasteiger partial charge on any atom is 0.252 e. The summed E-state index contributed by atoms with van der Waals surface area (Å²) in [6, 6.07) is 18.0. The number of carbonyl (C=O) groups excluding carboxylic acids is 2. The van der Waals surface area contributed by atoms with E-state index in [-0.39, 0.29) is 11.8 Å². The summed E-state index contributed by atoms with van der Waals surface area (Å²) in [5, 5.41) is 2.90. The predicted octanol–water partition coefficient (Wildman–Crippen LogP) is 3.62. The summed E-state index contributed by atoms with van der Waals surface area (Å²) in [7, 11) is 0. The Labute approximate surface area is 163 Å². The first-order chi connectivity index (χ1) is 12.4. The van der Waals surface area contributed by atoms with Crippen molar-refractivity contribution in [1.29, 1.82) is 0 Å². The van der Waals surface area contributed by atoms with E-state index in [2.05, 4.69) is 5.32 Å². The van der Waals surface area contributed by atoms with Crippen LogP contribution in [-0.4, -0.2) is 31.8 Å². The van der Waals surface area contributed by atoms with Crippen LogP contribution in [0.1, 0.15) is 29.8 Å². The number of amides is 2. The van der Waals surface area contributed by atoms with Crippen LogP contribution in [0, 0.1) is 0 Å². The van der Waals surface area contributed by atoms with Crippen molar-refractivity contribution in [2.24, 2.45) is 0 Å². The van der Waals surface area contributed by atoms with Crippen LogP contribution in [0.4, 0.5) is 0 Å². The Kier molecular flexibility index (Phi) is 5.44. The van der Waals surface area contributed by atoms with Gasteiger partial charge in [0.05, 0.1) is 6.54 Å². The molecule has 0 bridgehead atoms. The highest BCUT2D eigenvalue weighted by Gasteiger charge is 2.46. The first kappa shape index (κ1) is 18.6. The van der Waals surface area contributed by atoms with Gasteiger partial charge in [0.2, 0.25) is 0 Å². The summed E-state index contributed by atoms with van der Waals surface area (Å²) in [6.07, 6.45) is 0. The van der Waals surface area contributed by atoms with Gasteiger partial charge in [0.25, 0.3) is 11.8 Å². The molecule has 1 aliphatic rings. The molecular formula is C20H20N2O2S2. The van der Waals surface area contributed by atoms with Gasteiger partial charge in [0, 0.05) is 10.3 Å². The molecule has 1 atom stereocenters. The molecule has 4 nitrogen and oxygen atoms in total. The third kappa shape index (κ3) is 3.97. The topological polar surface area (TPSA) is 49.4 Å². The fourth-order valence-electron chi connectivity index (χ4n) is 2.83. The van der Waals surface area contributed by atoms with Crippen molar-refractivity contribution in [2.45, 2.75) is 31.2 Å². The molecular weight excluding hydrogens is 364 g/mol. The molecule has 0 aromatic heterocycles. The third-order valence-corrected chi connectivity index (χ3v) is 5.90. The fourth-order valence-corrected chi connectivity index (χ4v) is 4.62. The second-order valence-corrected chi connectivity index (χ2v) is 8.94. The quantitative estimate of drug-likeness (QED) is 0.818. The van der Waals surface area contributed by atoms with E-state index in [9.17, 15) is 9.59 Å². The number of carbonyl (C=O) groups is 2. The molecule has 1 fully saturated rings. The molecule has 1 N–H and O–H groups in total. The van der Waals surface area contributed by atoms with Gasteiger partial charge in [-0.3, -0.25) is 14.5 Å². The van der Waals surface area contributed by atoms with Gasteiger partial charge in [-0.25, -0.2) is 0 Å². The standard InChI is InChI=1S/C20H20N2O2S2/c1-20(2)16(21-17(23)15-11-7-4-8-12-15)18(24)22(19(25)26-20)13-14-9-5-3-6-10-14/h3-12,16H,13H2,1-2H3,(H,21,23). The maximum atomic E-state index is 13.1. The van der Waals surface area contributed by atoms with Gasteiger partial charge in [-0.2, -0.15) is 0 Å². The van der Waals surface area contributed by atoms with E-state index in [0.29, 0.717) is 16.4 Å². The van der Waals surface area contributed by atoms with Crippen LogP contribution in [0.3, 0.4) is 0 Å². The minimum atomic E-state index is -0.657. The number of hydrogen-bond acceptors (Lipinski definition) is 4. The summed E-state index contributed by atoms with van der Waals surface area (Å²) >= 11 is 6.91. The van der Waals surface area contributed by atoms with Crippen LogP contribution in [-0.2, 0) is 11.3 Å². The molecule has 2 aromatic rings. The molecule has 6 heteroatoms. The highest BCUT2D eigenvalue weighted by Crippen LogP contribution is 2.37. The van der Waals surface area contributed by atoms with Crippen molar-refractivity contribution in [3.8, 4) is 0 Å². The van der Waals surface area contributed by atoms with E-state index in [1.807, 2.05) is 50.2 Å². The van der Waals surface area contributed by atoms with Crippen molar-refractivity contribution in [3.05, 3.63) is 71.8 Å². The van der Waals surface area contributed by atoms with Crippen LogP contribution in [0.15, 0.2) is 60.7 Å². The van der Waals surface area contributed by atoms with Gasteiger partial charge in [-0.05, 0) is 31.5 Å². The molecule has 1 saturated heterocycles. The highest BCUT2D eigenvalue weighted by molar-refractivity contribution is 8.24. The summed E-state index contributed by atoms with van der Waals surface area (Å²) in [4.78, 5) is 27.3. The Morgan fingerprint density at radius 2 is 1.69 bits per heavy atom. The monoisotopic (exact) mass is 384 g/mol. The largest absolute Gasteiger partial charge is 0.339 e. The van der Waals surface area contributed by atoms with Crippen molar-refractivity contribution in [3.63, 3.8) is 0 Å². The van der Waals surface area contributed by atoms with E-state index in [0.717, 1.165) is 5.56 Å². The summed E-state index contributed by atoms with van der Waals surface area (Å²) in [6.45, 7) is 4.26. The van der Waals surface area contributed by atoms with Crippen LogP contribution >= 0.6 is 24.0 Å². The van der Waals surface area contributed by atoms with Crippen LogP contribution in [0.25, 0.3) is 0 Å². The highest BCUT2D eigenvalue weighted by atomic mass is 32.2. The van der Waals surface area contributed by atoms with Crippen molar-refractivity contribution in [1.82, 2.24) is 10.2 Å². The number of nitrogens with one attached hydrogen (secondary N) is 1. The van der Waals surface area contributed by atoms with Crippen LogP contribution < -0.4 is 5.32 Å². The Hall–Kier alpha value is -2.18. The van der Waals surface area contributed by atoms with E-state index < -0.39 is 10.8 Å². The van der Waals surface area contributed by atoms with Gasteiger partial charge in [0.1, 0.15) is 10.4 Å². The normalized spacial score (nSPS) is 19.3.